The van der Waals surface area contributed by atoms with Crippen molar-refractivity contribution in [2.45, 2.75) is 25.1 Å². The molecule has 1 amide bonds. The normalized spacial score (nSPS) is 11.3. The molecule has 7 heteroatoms. The predicted octanol–water partition coefficient (Wildman–Crippen LogP) is 4.26. The van der Waals surface area contributed by atoms with Gasteiger partial charge in [-0.3, -0.25) is 4.79 Å². The lowest BCUT2D eigenvalue weighted by Gasteiger charge is -2.09. The Kier molecular flexibility index (Phi) is 5.92. The van der Waals surface area contributed by atoms with Gasteiger partial charge in [0, 0.05) is 13.0 Å². The molecule has 28 heavy (non-hydrogen) atoms. The second-order valence-electron chi connectivity index (χ2n) is 6.56. The van der Waals surface area contributed by atoms with E-state index in [4.69, 9.17) is 0 Å². The zero-order valence-electron chi connectivity index (χ0n) is 15.7. The van der Waals surface area contributed by atoms with E-state index in [1.54, 1.807) is 23.1 Å². The summed E-state index contributed by atoms with van der Waals surface area (Å²) in [4.78, 5) is 21.8. The molecule has 4 rings (SSSR count). The van der Waals surface area contributed by atoms with E-state index in [9.17, 15) is 4.79 Å². The van der Waals surface area contributed by atoms with E-state index >= 15 is 0 Å². The van der Waals surface area contributed by atoms with Crippen LogP contribution in [-0.2, 0) is 23.5 Å². The number of fused-ring (bicyclic) bond motifs is 2. The van der Waals surface area contributed by atoms with Crippen molar-refractivity contribution in [1.82, 2.24) is 19.9 Å². The SMILES string of the molecule is CSCc1nc2ccccc2n1CC(=O)NCCCc1nc2ccccc2s1. The molecule has 0 saturated heterocycles. The Labute approximate surface area is 172 Å². The van der Waals surface area contributed by atoms with Crippen molar-refractivity contribution < 1.29 is 4.79 Å². The summed E-state index contributed by atoms with van der Waals surface area (Å²) < 4.78 is 3.24. The highest BCUT2D eigenvalue weighted by Gasteiger charge is 2.13. The topological polar surface area (TPSA) is 59.8 Å². The molecule has 0 fully saturated rings. The molecular formula is C21H22N4OS2. The van der Waals surface area contributed by atoms with Crippen LogP contribution in [0.3, 0.4) is 0 Å². The number of nitrogens with one attached hydrogen (secondary N) is 1. The van der Waals surface area contributed by atoms with Gasteiger partial charge < -0.3 is 9.88 Å². The van der Waals surface area contributed by atoms with Crippen LogP contribution in [0.5, 0.6) is 0 Å². The van der Waals surface area contributed by atoms with Crippen LogP contribution < -0.4 is 5.32 Å². The summed E-state index contributed by atoms with van der Waals surface area (Å²) in [6, 6.07) is 16.2. The third-order valence-electron chi connectivity index (χ3n) is 4.54. The number of benzene rings is 2. The average molecular weight is 411 g/mol. The minimum Gasteiger partial charge on any atom is -0.355 e. The first kappa shape index (κ1) is 19.0. The Bertz CT molecular complexity index is 1070. The first-order chi connectivity index (χ1) is 13.7. The van der Waals surface area contributed by atoms with Crippen LogP contribution in [0.1, 0.15) is 17.3 Å². The summed E-state index contributed by atoms with van der Waals surface area (Å²) in [7, 11) is 0. The van der Waals surface area contributed by atoms with Crippen LogP contribution in [0.2, 0.25) is 0 Å². The van der Waals surface area contributed by atoms with Gasteiger partial charge in [-0.05, 0) is 36.9 Å². The molecule has 0 radical (unpaired) electrons. The molecule has 0 saturated carbocycles. The molecule has 0 aliphatic rings. The van der Waals surface area contributed by atoms with E-state index in [1.165, 1.54) is 4.70 Å². The number of hydrogen-bond donors (Lipinski definition) is 1. The molecular weight excluding hydrogens is 388 g/mol. The van der Waals surface area contributed by atoms with Crippen LogP contribution in [0.4, 0.5) is 0 Å². The monoisotopic (exact) mass is 410 g/mol. The number of thiazole rings is 1. The zero-order chi connectivity index (χ0) is 19.3. The number of rotatable bonds is 8. The van der Waals surface area contributed by atoms with E-state index < -0.39 is 0 Å². The predicted molar refractivity (Wildman–Crippen MR) is 118 cm³/mol. The van der Waals surface area contributed by atoms with Crippen molar-refractivity contribution in [2.75, 3.05) is 12.8 Å². The Morgan fingerprint density at radius 2 is 1.89 bits per heavy atom. The van der Waals surface area contributed by atoms with Crippen LogP contribution in [0.25, 0.3) is 21.3 Å². The van der Waals surface area contributed by atoms with Gasteiger partial charge in [0.15, 0.2) is 0 Å². The number of imidazole rings is 1. The number of aryl methyl sites for hydroxylation is 1. The first-order valence-corrected chi connectivity index (χ1v) is 11.5. The lowest BCUT2D eigenvalue weighted by molar-refractivity contribution is -0.121. The lowest BCUT2D eigenvalue weighted by atomic mass is 10.3. The van der Waals surface area contributed by atoms with Gasteiger partial charge in [-0.1, -0.05) is 24.3 Å². The second kappa shape index (κ2) is 8.75. The highest BCUT2D eigenvalue weighted by molar-refractivity contribution is 7.97. The summed E-state index contributed by atoms with van der Waals surface area (Å²) in [6.45, 7) is 0.955. The van der Waals surface area contributed by atoms with Gasteiger partial charge >= 0.3 is 0 Å². The van der Waals surface area contributed by atoms with E-state index in [2.05, 4.69) is 21.4 Å². The van der Waals surface area contributed by atoms with Gasteiger partial charge in [0.05, 0.1) is 32.0 Å². The number of nitrogens with zero attached hydrogens (tertiary/aromatic N) is 3. The standard InChI is InChI=1S/C21H22N4OS2/c1-27-14-19-23-15-7-2-4-9-17(15)25(19)13-20(26)22-12-6-11-21-24-16-8-3-5-10-18(16)28-21/h2-5,7-10H,6,11-14H2,1H3,(H,22,26). The average Bonchev–Trinajstić information content (AvgIpc) is 3.27. The number of carbonyl (C=O) groups is 1. The summed E-state index contributed by atoms with van der Waals surface area (Å²) >= 11 is 3.44. The minimum atomic E-state index is 0.0230. The van der Waals surface area contributed by atoms with E-state index in [0.29, 0.717) is 13.1 Å². The zero-order valence-corrected chi connectivity index (χ0v) is 17.4. The van der Waals surface area contributed by atoms with Gasteiger partial charge in [-0.2, -0.15) is 11.8 Å². The third kappa shape index (κ3) is 4.20. The van der Waals surface area contributed by atoms with E-state index in [-0.39, 0.29) is 5.91 Å². The molecule has 2 aromatic carbocycles. The molecule has 1 N–H and O–H groups in total. The molecule has 0 bridgehead atoms. The number of aromatic nitrogens is 3. The molecule has 4 aromatic rings. The van der Waals surface area contributed by atoms with Gasteiger partial charge in [-0.25, -0.2) is 9.97 Å². The maximum Gasteiger partial charge on any atom is 0.240 e. The number of amides is 1. The van der Waals surface area contributed by atoms with Crippen molar-refractivity contribution in [3.05, 3.63) is 59.4 Å². The lowest BCUT2D eigenvalue weighted by Crippen LogP contribution is -2.29. The highest BCUT2D eigenvalue weighted by Crippen LogP contribution is 2.22. The molecule has 0 aliphatic carbocycles. The van der Waals surface area contributed by atoms with Gasteiger partial charge in [0.1, 0.15) is 12.4 Å². The van der Waals surface area contributed by atoms with Crippen LogP contribution in [-0.4, -0.2) is 33.2 Å². The third-order valence-corrected chi connectivity index (χ3v) is 6.18. The Morgan fingerprint density at radius 1 is 1.11 bits per heavy atom. The summed E-state index contributed by atoms with van der Waals surface area (Å²) in [5, 5.41) is 4.16. The van der Waals surface area contributed by atoms with Crippen LogP contribution >= 0.6 is 23.1 Å². The maximum absolute atomic E-state index is 12.5. The summed E-state index contributed by atoms with van der Waals surface area (Å²) in [6.07, 6.45) is 3.81. The fourth-order valence-corrected chi connectivity index (χ4v) is 4.72. The number of hydrogen-bond acceptors (Lipinski definition) is 5. The largest absolute Gasteiger partial charge is 0.355 e. The molecule has 2 heterocycles. The van der Waals surface area contributed by atoms with Gasteiger partial charge in [-0.15, -0.1) is 11.3 Å². The highest BCUT2D eigenvalue weighted by atomic mass is 32.2. The van der Waals surface area contributed by atoms with Crippen molar-refractivity contribution in [2.24, 2.45) is 0 Å². The molecule has 144 valence electrons. The Morgan fingerprint density at radius 3 is 2.71 bits per heavy atom. The Balaban J connectivity index is 1.33. The van der Waals surface area contributed by atoms with Gasteiger partial charge in [0.25, 0.3) is 0 Å². The fraction of sp³-hybridized carbons (Fsp3) is 0.286. The van der Waals surface area contributed by atoms with Crippen LogP contribution in [0.15, 0.2) is 48.5 Å². The van der Waals surface area contributed by atoms with Crippen LogP contribution in [0, 0.1) is 0 Å². The molecule has 0 spiro atoms. The number of carbonyl (C=O) groups excluding carboxylic acids is 1. The molecule has 0 unspecified atom stereocenters. The number of thioether (sulfide) groups is 1. The van der Waals surface area contributed by atoms with Crippen molar-refractivity contribution in [3.63, 3.8) is 0 Å². The fourth-order valence-electron chi connectivity index (χ4n) is 3.23. The quantitative estimate of drug-likeness (QED) is 0.441. The van der Waals surface area contributed by atoms with E-state index in [1.807, 2.05) is 53.3 Å². The summed E-state index contributed by atoms with van der Waals surface area (Å²) in [5.74, 6) is 1.76. The van der Waals surface area contributed by atoms with Crippen molar-refractivity contribution in [3.8, 4) is 0 Å². The number of para-hydroxylation sites is 3. The van der Waals surface area contributed by atoms with Crippen molar-refractivity contribution >= 4 is 50.3 Å². The second-order valence-corrected chi connectivity index (χ2v) is 8.55. The van der Waals surface area contributed by atoms with Gasteiger partial charge in [0.2, 0.25) is 5.91 Å². The minimum absolute atomic E-state index is 0.0230. The first-order valence-electron chi connectivity index (χ1n) is 9.29. The molecule has 0 aliphatic heterocycles. The Hall–Kier alpha value is -2.38. The smallest absolute Gasteiger partial charge is 0.240 e. The molecule has 5 nitrogen and oxygen atoms in total. The van der Waals surface area contributed by atoms with E-state index in [0.717, 1.165) is 46.0 Å². The van der Waals surface area contributed by atoms with Crippen molar-refractivity contribution in [1.29, 1.82) is 0 Å². The summed E-state index contributed by atoms with van der Waals surface area (Å²) in [5.41, 5.74) is 3.01. The molecule has 0 atom stereocenters. The maximum atomic E-state index is 12.5. The molecule has 2 aromatic heterocycles.